The fraction of sp³-hybridized carbons (Fsp3) is 0.286. The molecule has 0 bridgehead atoms. The molecule has 0 amide bonds. The highest BCUT2D eigenvalue weighted by Gasteiger charge is 2.21. The molecule has 3 rings (SSSR count). The molecule has 0 saturated heterocycles. The second kappa shape index (κ2) is 5.36. The van der Waals surface area contributed by atoms with E-state index in [2.05, 4.69) is 26.3 Å². The number of nitrogens with one attached hydrogen (secondary N) is 1. The average Bonchev–Trinajstić information content (AvgIpc) is 3.21. The maximum atomic E-state index is 13.2. The van der Waals surface area contributed by atoms with Crippen LogP contribution in [0, 0.1) is 5.82 Å². The van der Waals surface area contributed by atoms with Crippen molar-refractivity contribution >= 4 is 21.6 Å². The van der Waals surface area contributed by atoms with Gasteiger partial charge in [0, 0.05) is 12.1 Å². The third-order valence-electron chi connectivity index (χ3n) is 3.13. The highest BCUT2D eigenvalue weighted by atomic mass is 79.9. The number of nitrogens with zero attached hydrogens (tertiary/aromatic N) is 2. The molecule has 0 unspecified atom stereocenters. The summed E-state index contributed by atoms with van der Waals surface area (Å²) in [6.07, 6.45) is 3.94. The number of anilines is 1. The van der Waals surface area contributed by atoms with Crippen molar-refractivity contribution in [1.29, 1.82) is 0 Å². The first-order chi connectivity index (χ1) is 9.61. The molecule has 20 heavy (non-hydrogen) atoms. The Morgan fingerprint density at radius 1 is 1.40 bits per heavy atom. The number of rotatable bonds is 4. The van der Waals surface area contributed by atoms with E-state index >= 15 is 0 Å². The first-order valence-corrected chi connectivity index (χ1v) is 7.19. The molecule has 0 spiro atoms. The van der Waals surface area contributed by atoms with Gasteiger partial charge in [-0.05, 0) is 46.5 Å². The van der Waals surface area contributed by atoms with Gasteiger partial charge in [-0.2, -0.15) is 5.10 Å². The Bertz CT molecular complexity index is 697. The van der Waals surface area contributed by atoms with Crippen molar-refractivity contribution in [2.45, 2.75) is 25.4 Å². The number of hydrogen-bond donors (Lipinski definition) is 1. The number of halogens is 2. The van der Waals surface area contributed by atoms with Crippen molar-refractivity contribution in [2.75, 3.05) is 5.32 Å². The third-order valence-corrected chi connectivity index (χ3v) is 3.74. The van der Waals surface area contributed by atoms with Gasteiger partial charge in [-0.1, -0.05) is 6.07 Å². The smallest absolute Gasteiger partial charge is 0.269 e. The molecule has 104 valence electrons. The second-order valence-electron chi connectivity index (χ2n) is 4.91. The summed E-state index contributed by atoms with van der Waals surface area (Å²) >= 11 is 3.13. The van der Waals surface area contributed by atoms with E-state index in [9.17, 15) is 9.18 Å². The lowest BCUT2D eigenvalue weighted by molar-refractivity contribution is 0.613. The minimum atomic E-state index is -0.321. The molecule has 1 N–H and O–H groups in total. The molecule has 1 aromatic carbocycles. The summed E-state index contributed by atoms with van der Waals surface area (Å²) < 4.78 is 14.9. The number of benzene rings is 1. The van der Waals surface area contributed by atoms with Crippen LogP contribution in [0.25, 0.3) is 0 Å². The van der Waals surface area contributed by atoms with Crippen LogP contribution in [-0.2, 0) is 6.54 Å². The molecule has 0 aliphatic heterocycles. The van der Waals surface area contributed by atoms with Crippen LogP contribution in [0.15, 0.2) is 39.7 Å². The molecule has 4 nitrogen and oxygen atoms in total. The van der Waals surface area contributed by atoms with E-state index in [4.69, 9.17) is 0 Å². The van der Waals surface area contributed by atoms with Crippen LogP contribution in [0.3, 0.4) is 0 Å². The molecule has 1 aliphatic rings. The molecule has 2 aromatic rings. The van der Waals surface area contributed by atoms with Crippen LogP contribution in [0.1, 0.15) is 18.4 Å². The Morgan fingerprint density at radius 2 is 2.20 bits per heavy atom. The van der Waals surface area contributed by atoms with Gasteiger partial charge in [0.15, 0.2) is 0 Å². The summed E-state index contributed by atoms with van der Waals surface area (Å²) in [5.74, 6) is -0.321. The standard InChI is InChI=1S/C14H13BrFN3O/c15-12-5-9(1-4-13(12)16)8-19-14(20)6-11(7-17-19)18-10-2-3-10/h1,4-7,10,18H,2-3,8H2. The zero-order valence-electron chi connectivity index (χ0n) is 10.6. The highest BCUT2D eigenvalue weighted by molar-refractivity contribution is 9.10. The van der Waals surface area contributed by atoms with Crippen molar-refractivity contribution in [3.63, 3.8) is 0 Å². The second-order valence-corrected chi connectivity index (χ2v) is 5.76. The molecule has 1 aliphatic carbocycles. The van der Waals surface area contributed by atoms with E-state index in [-0.39, 0.29) is 11.4 Å². The molecule has 1 saturated carbocycles. The fourth-order valence-electron chi connectivity index (χ4n) is 1.91. The minimum absolute atomic E-state index is 0.170. The molecule has 1 fully saturated rings. The Hall–Kier alpha value is -1.69. The van der Waals surface area contributed by atoms with Gasteiger partial charge < -0.3 is 5.32 Å². The topological polar surface area (TPSA) is 46.9 Å². The SMILES string of the molecule is O=c1cc(NC2CC2)cnn1Cc1ccc(F)c(Br)c1. The molecule has 0 atom stereocenters. The summed E-state index contributed by atoms with van der Waals surface area (Å²) in [4.78, 5) is 12.0. The van der Waals surface area contributed by atoms with Crippen molar-refractivity contribution < 1.29 is 4.39 Å². The van der Waals surface area contributed by atoms with Gasteiger partial charge in [0.25, 0.3) is 5.56 Å². The normalized spacial score (nSPS) is 14.3. The van der Waals surface area contributed by atoms with E-state index < -0.39 is 0 Å². The van der Waals surface area contributed by atoms with Crippen LogP contribution in [0.5, 0.6) is 0 Å². The van der Waals surface area contributed by atoms with Gasteiger partial charge in [-0.3, -0.25) is 4.79 Å². The molecule has 0 radical (unpaired) electrons. The lowest BCUT2D eigenvalue weighted by Crippen LogP contribution is -2.23. The zero-order chi connectivity index (χ0) is 14.1. The highest BCUT2D eigenvalue weighted by Crippen LogP contribution is 2.23. The quantitative estimate of drug-likeness (QED) is 0.933. The predicted molar refractivity (Wildman–Crippen MR) is 78.3 cm³/mol. The average molecular weight is 338 g/mol. The Morgan fingerprint density at radius 3 is 2.85 bits per heavy atom. The summed E-state index contributed by atoms with van der Waals surface area (Å²) in [5, 5.41) is 7.37. The number of aromatic nitrogens is 2. The first kappa shape index (κ1) is 13.3. The maximum absolute atomic E-state index is 13.2. The lowest BCUT2D eigenvalue weighted by Gasteiger charge is -2.08. The van der Waals surface area contributed by atoms with Crippen LogP contribution in [0.2, 0.25) is 0 Å². The van der Waals surface area contributed by atoms with Gasteiger partial charge in [0.2, 0.25) is 0 Å². The summed E-state index contributed by atoms with van der Waals surface area (Å²) in [6.45, 7) is 0.321. The summed E-state index contributed by atoms with van der Waals surface area (Å²) in [5.41, 5.74) is 1.40. The van der Waals surface area contributed by atoms with Crippen LogP contribution in [0.4, 0.5) is 10.1 Å². The molecule has 6 heteroatoms. The van der Waals surface area contributed by atoms with E-state index in [1.807, 2.05) is 0 Å². The van der Waals surface area contributed by atoms with Crippen molar-refractivity contribution in [2.24, 2.45) is 0 Å². The van der Waals surface area contributed by atoms with Crippen molar-refractivity contribution in [1.82, 2.24) is 9.78 Å². The third kappa shape index (κ3) is 3.07. The molecule has 1 heterocycles. The first-order valence-electron chi connectivity index (χ1n) is 6.39. The largest absolute Gasteiger partial charge is 0.381 e. The summed E-state index contributed by atoms with van der Waals surface area (Å²) in [6, 6.07) is 6.70. The van der Waals surface area contributed by atoms with Crippen molar-refractivity contribution in [3.8, 4) is 0 Å². The fourth-order valence-corrected chi connectivity index (χ4v) is 2.33. The van der Waals surface area contributed by atoms with Crippen LogP contribution >= 0.6 is 15.9 Å². The van der Waals surface area contributed by atoms with E-state index in [0.29, 0.717) is 17.1 Å². The minimum Gasteiger partial charge on any atom is -0.381 e. The Labute approximate surface area is 123 Å². The molecule has 1 aromatic heterocycles. The van der Waals surface area contributed by atoms with E-state index in [1.165, 1.54) is 10.7 Å². The van der Waals surface area contributed by atoms with Gasteiger partial charge in [-0.25, -0.2) is 9.07 Å². The Kier molecular flexibility index (Phi) is 3.56. The predicted octanol–water partition coefficient (Wildman–Crippen LogP) is 2.77. The van der Waals surface area contributed by atoms with Gasteiger partial charge in [0.05, 0.1) is 22.9 Å². The zero-order valence-corrected chi connectivity index (χ0v) is 12.2. The van der Waals surface area contributed by atoms with Crippen molar-refractivity contribution in [3.05, 3.63) is 56.7 Å². The number of hydrogen-bond acceptors (Lipinski definition) is 3. The molecular weight excluding hydrogens is 325 g/mol. The van der Waals surface area contributed by atoms with Crippen LogP contribution in [-0.4, -0.2) is 15.8 Å². The van der Waals surface area contributed by atoms with E-state index in [1.54, 1.807) is 24.4 Å². The summed E-state index contributed by atoms with van der Waals surface area (Å²) in [7, 11) is 0. The van der Waals surface area contributed by atoms with Gasteiger partial charge in [-0.15, -0.1) is 0 Å². The monoisotopic (exact) mass is 337 g/mol. The van der Waals surface area contributed by atoms with Crippen LogP contribution < -0.4 is 10.9 Å². The molecular formula is C14H13BrFN3O. The Balaban J connectivity index is 1.79. The van der Waals surface area contributed by atoms with Gasteiger partial charge >= 0.3 is 0 Å². The maximum Gasteiger partial charge on any atom is 0.269 e. The van der Waals surface area contributed by atoms with Gasteiger partial charge in [0.1, 0.15) is 5.82 Å². The lowest BCUT2D eigenvalue weighted by atomic mass is 10.2. The van der Waals surface area contributed by atoms with E-state index in [0.717, 1.165) is 24.1 Å².